The first kappa shape index (κ1) is 11.7. The van der Waals surface area contributed by atoms with Crippen LogP contribution in [0.4, 0.5) is 5.95 Å². The molecule has 0 atom stereocenters. The van der Waals surface area contributed by atoms with Crippen LogP contribution >= 0.6 is 11.6 Å². The number of hydrogen-bond donors (Lipinski definition) is 0. The lowest BCUT2D eigenvalue weighted by Gasteiger charge is -2.10. The maximum absolute atomic E-state index is 5.85. The van der Waals surface area contributed by atoms with E-state index < -0.39 is 0 Å². The Balaban J connectivity index is 2.55. The van der Waals surface area contributed by atoms with Crippen LogP contribution in [0.3, 0.4) is 0 Å². The summed E-state index contributed by atoms with van der Waals surface area (Å²) < 4.78 is 1.54. The van der Waals surface area contributed by atoms with Crippen LogP contribution in [-0.2, 0) is 0 Å². The van der Waals surface area contributed by atoms with Gasteiger partial charge in [-0.15, -0.1) is 5.10 Å². The molecule has 0 radical (unpaired) electrons. The zero-order valence-electron chi connectivity index (χ0n) is 10.0. The minimum absolute atomic E-state index is 0.131. The summed E-state index contributed by atoms with van der Waals surface area (Å²) in [4.78, 5) is 18.2. The maximum Gasteiger partial charge on any atom is 0.258 e. The number of anilines is 1. The molecule has 0 aromatic carbocycles. The second-order valence-corrected chi connectivity index (χ2v) is 4.05. The van der Waals surface area contributed by atoms with Crippen LogP contribution in [0.5, 0.6) is 0 Å². The third kappa shape index (κ3) is 2.33. The van der Waals surface area contributed by atoms with Crippen LogP contribution in [0, 0.1) is 13.8 Å². The van der Waals surface area contributed by atoms with Crippen molar-refractivity contribution in [3.8, 4) is 5.95 Å². The Labute approximate surface area is 103 Å². The van der Waals surface area contributed by atoms with Crippen molar-refractivity contribution in [2.45, 2.75) is 13.8 Å². The second kappa shape index (κ2) is 4.25. The van der Waals surface area contributed by atoms with Gasteiger partial charge in [0.15, 0.2) is 0 Å². The van der Waals surface area contributed by atoms with Gasteiger partial charge >= 0.3 is 0 Å². The van der Waals surface area contributed by atoms with E-state index in [4.69, 9.17) is 11.6 Å². The maximum atomic E-state index is 5.85. The SMILES string of the molecule is Cc1nc(C)n(-c2nc(Cl)nc(N(C)C)n2)n1. The highest BCUT2D eigenvalue weighted by molar-refractivity contribution is 6.28. The molecule has 2 aromatic rings. The molecule has 0 aliphatic rings. The number of halogens is 1. The van der Waals surface area contributed by atoms with Gasteiger partial charge in [-0.2, -0.15) is 19.6 Å². The van der Waals surface area contributed by atoms with Crippen molar-refractivity contribution in [3.05, 3.63) is 16.9 Å². The Bertz CT molecular complexity index is 548. The van der Waals surface area contributed by atoms with Crippen LogP contribution < -0.4 is 4.90 Å². The van der Waals surface area contributed by atoms with Crippen LogP contribution in [0.1, 0.15) is 11.6 Å². The van der Waals surface area contributed by atoms with Gasteiger partial charge in [0.1, 0.15) is 11.6 Å². The first-order valence-electron chi connectivity index (χ1n) is 4.97. The molecule has 0 aliphatic heterocycles. The minimum Gasteiger partial charge on any atom is -0.347 e. The molecular weight excluding hydrogens is 242 g/mol. The zero-order chi connectivity index (χ0) is 12.6. The van der Waals surface area contributed by atoms with Crippen molar-refractivity contribution in [2.24, 2.45) is 0 Å². The van der Waals surface area contributed by atoms with Crippen LogP contribution in [0.2, 0.25) is 5.28 Å². The van der Waals surface area contributed by atoms with Crippen molar-refractivity contribution in [1.82, 2.24) is 29.7 Å². The van der Waals surface area contributed by atoms with Crippen molar-refractivity contribution in [1.29, 1.82) is 0 Å². The first-order valence-corrected chi connectivity index (χ1v) is 5.34. The lowest BCUT2D eigenvalue weighted by Crippen LogP contribution is -2.16. The number of aryl methyl sites for hydroxylation is 2. The van der Waals surface area contributed by atoms with Gasteiger partial charge in [-0.3, -0.25) is 0 Å². The van der Waals surface area contributed by atoms with Crippen molar-refractivity contribution in [2.75, 3.05) is 19.0 Å². The fourth-order valence-electron chi connectivity index (χ4n) is 1.33. The fraction of sp³-hybridized carbons (Fsp3) is 0.444. The summed E-state index contributed by atoms with van der Waals surface area (Å²) in [6.45, 7) is 3.63. The summed E-state index contributed by atoms with van der Waals surface area (Å²) in [7, 11) is 3.66. The summed E-state index contributed by atoms with van der Waals surface area (Å²) >= 11 is 5.85. The Morgan fingerprint density at radius 1 is 1.06 bits per heavy atom. The summed E-state index contributed by atoms with van der Waals surface area (Å²) in [5.41, 5.74) is 0. The largest absolute Gasteiger partial charge is 0.347 e. The van der Waals surface area contributed by atoms with E-state index in [2.05, 4.69) is 25.0 Å². The molecule has 7 nitrogen and oxygen atoms in total. The molecule has 8 heteroatoms. The third-order valence-corrected chi connectivity index (χ3v) is 2.22. The van der Waals surface area contributed by atoms with E-state index in [9.17, 15) is 0 Å². The van der Waals surface area contributed by atoms with Crippen LogP contribution in [0.25, 0.3) is 5.95 Å². The number of aromatic nitrogens is 6. The van der Waals surface area contributed by atoms with Gasteiger partial charge in [-0.25, -0.2) is 4.98 Å². The van der Waals surface area contributed by atoms with E-state index in [-0.39, 0.29) is 5.28 Å². The van der Waals surface area contributed by atoms with Gasteiger partial charge in [0.25, 0.3) is 5.95 Å². The Morgan fingerprint density at radius 3 is 2.29 bits per heavy atom. The highest BCUT2D eigenvalue weighted by atomic mass is 35.5. The van der Waals surface area contributed by atoms with Crippen molar-refractivity contribution >= 4 is 17.5 Å². The summed E-state index contributed by atoms with van der Waals surface area (Å²) in [6, 6.07) is 0. The summed E-state index contributed by atoms with van der Waals surface area (Å²) in [5.74, 6) is 2.21. The smallest absolute Gasteiger partial charge is 0.258 e. The Morgan fingerprint density at radius 2 is 1.76 bits per heavy atom. The summed E-state index contributed by atoms with van der Waals surface area (Å²) in [5, 5.41) is 4.33. The molecule has 0 saturated heterocycles. The summed E-state index contributed by atoms with van der Waals surface area (Å²) in [6.07, 6.45) is 0. The zero-order valence-corrected chi connectivity index (χ0v) is 10.8. The van der Waals surface area contributed by atoms with E-state index in [1.165, 1.54) is 4.68 Å². The topological polar surface area (TPSA) is 72.6 Å². The first-order chi connectivity index (χ1) is 7.97. The average molecular weight is 254 g/mol. The van der Waals surface area contributed by atoms with Gasteiger partial charge in [-0.05, 0) is 25.4 Å². The lowest BCUT2D eigenvalue weighted by molar-refractivity contribution is 0.757. The highest BCUT2D eigenvalue weighted by Gasteiger charge is 2.12. The average Bonchev–Trinajstić information content (AvgIpc) is 2.57. The molecule has 0 N–H and O–H groups in total. The predicted molar refractivity (Wildman–Crippen MR) is 63.6 cm³/mol. The fourth-order valence-corrected chi connectivity index (χ4v) is 1.49. The van der Waals surface area contributed by atoms with E-state index >= 15 is 0 Å². The minimum atomic E-state index is 0.131. The van der Waals surface area contributed by atoms with Gasteiger partial charge in [0.2, 0.25) is 11.2 Å². The number of nitrogens with zero attached hydrogens (tertiary/aromatic N) is 7. The van der Waals surface area contributed by atoms with Crippen molar-refractivity contribution < 1.29 is 0 Å². The van der Waals surface area contributed by atoms with Crippen LogP contribution in [-0.4, -0.2) is 43.8 Å². The van der Waals surface area contributed by atoms with Gasteiger partial charge in [-0.1, -0.05) is 0 Å². The molecule has 0 aliphatic carbocycles. The monoisotopic (exact) mass is 253 g/mol. The van der Waals surface area contributed by atoms with E-state index in [1.807, 2.05) is 21.0 Å². The standard InChI is InChI=1S/C9H12ClN7/c1-5-11-6(2)17(15-5)9-13-7(10)12-8(14-9)16(3)4/h1-4H3. The molecule has 17 heavy (non-hydrogen) atoms. The molecule has 2 heterocycles. The molecule has 2 aromatic heterocycles. The molecule has 2 rings (SSSR count). The normalized spacial score (nSPS) is 10.6. The molecule has 0 amide bonds. The second-order valence-electron chi connectivity index (χ2n) is 3.72. The molecule has 0 bridgehead atoms. The van der Waals surface area contributed by atoms with Crippen molar-refractivity contribution in [3.63, 3.8) is 0 Å². The molecule has 0 spiro atoms. The molecule has 0 fully saturated rings. The number of rotatable bonds is 2. The molecular formula is C9H12ClN7. The third-order valence-electron chi connectivity index (χ3n) is 2.05. The quantitative estimate of drug-likeness (QED) is 0.788. The van der Waals surface area contributed by atoms with Crippen LogP contribution in [0.15, 0.2) is 0 Å². The van der Waals surface area contributed by atoms with E-state index in [0.29, 0.717) is 23.5 Å². The van der Waals surface area contributed by atoms with Gasteiger partial charge < -0.3 is 4.90 Å². The number of hydrogen-bond acceptors (Lipinski definition) is 6. The Hall–Kier alpha value is -1.76. The van der Waals surface area contributed by atoms with E-state index in [1.54, 1.807) is 11.8 Å². The van der Waals surface area contributed by atoms with E-state index in [0.717, 1.165) is 0 Å². The lowest BCUT2D eigenvalue weighted by atomic mass is 10.7. The highest BCUT2D eigenvalue weighted by Crippen LogP contribution is 2.12. The molecule has 90 valence electrons. The predicted octanol–water partition coefficient (Wildman–Crippen LogP) is 0.789. The van der Waals surface area contributed by atoms with Gasteiger partial charge in [0, 0.05) is 14.1 Å². The Kier molecular flexibility index (Phi) is 2.93. The van der Waals surface area contributed by atoms with Gasteiger partial charge in [0.05, 0.1) is 0 Å². The molecule has 0 unspecified atom stereocenters. The molecule has 0 saturated carbocycles.